The Labute approximate surface area is 165 Å². The molecule has 4 nitrogen and oxygen atoms in total. The number of ether oxygens (including phenoxy) is 2. The number of para-hydroxylation sites is 1. The Bertz CT molecular complexity index is 712. The lowest BCUT2D eigenvalue weighted by atomic mass is 9.67. The zero-order valence-corrected chi connectivity index (χ0v) is 19.0. The van der Waals surface area contributed by atoms with Crippen LogP contribution in [0.4, 0.5) is 0 Å². The minimum absolute atomic E-state index is 0.269. The maximum Gasteiger partial charge on any atom is 0.316 e. The molecular formula is C22H34O4Si. The number of carbonyl (C=O) groups is 1. The highest BCUT2D eigenvalue weighted by Crippen LogP contribution is 2.55. The zero-order valence-electron chi connectivity index (χ0n) is 18.0. The van der Waals surface area contributed by atoms with Gasteiger partial charge in [-0.15, -0.1) is 6.58 Å². The predicted molar refractivity (Wildman–Crippen MR) is 111 cm³/mol. The van der Waals surface area contributed by atoms with Crippen molar-refractivity contribution in [2.75, 3.05) is 6.61 Å². The van der Waals surface area contributed by atoms with Crippen LogP contribution in [0.3, 0.4) is 0 Å². The number of rotatable bonds is 6. The Morgan fingerprint density at radius 2 is 1.81 bits per heavy atom. The molecule has 0 spiro atoms. The standard InChI is InChI=1S/C22H34O4Si/c1-10-21(5,6)22(26-27(7,8)9)15-24-18(22)16-13-11-12-14-17(16)25-19(23)20(2,3)4/h10-14,18H,1,15H2,2-9H3/t18-,22-/m1/s1. The Morgan fingerprint density at radius 1 is 1.22 bits per heavy atom. The number of carbonyl (C=O) groups excluding carboxylic acids is 1. The molecule has 1 aliphatic rings. The van der Waals surface area contributed by atoms with E-state index in [0.29, 0.717) is 12.4 Å². The Kier molecular flexibility index (Phi) is 5.82. The van der Waals surface area contributed by atoms with Crippen molar-refractivity contribution >= 4 is 14.3 Å². The fourth-order valence-electron chi connectivity index (χ4n) is 3.16. The van der Waals surface area contributed by atoms with Gasteiger partial charge < -0.3 is 13.9 Å². The monoisotopic (exact) mass is 390 g/mol. The molecule has 0 unspecified atom stereocenters. The quantitative estimate of drug-likeness (QED) is 0.278. The number of hydrogen-bond donors (Lipinski definition) is 0. The molecule has 0 N–H and O–H groups in total. The van der Waals surface area contributed by atoms with E-state index in [1.165, 1.54) is 0 Å². The topological polar surface area (TPSA) is 44.8 Å². The highest BCUT2D eigenvalue weighted by atomic mass is 28.4. The van der Waals surface area contributed by atoms with Gasteiger partial charge in [0.15, 0.2) is 8.32 Å². The van der Waals surface area contributed by atoms with Gasteiger partial charge in [-0.05, 0) is 46.5 Å². The second kappa shape index (κ2) is 7.19. The summed E-state index contributed by atoms with van der Waals surface area (Å²) < 4.78 is 18.5. The van der Waals surface area contributed by atoms with Crippen LogP contribution in [0.1, 0.15) is 46.3 Å². The summed E-state index contributed by atoms with van der Waals surface area (Å²) in [5.41, 5.74) is -0.588. The van der Waals surface area contributed by atoms with Crippen LogP contribution in [0, 0.1) is 10.8 Å². The first kappa shape index (κ1) is 21.9. The molecule has 27 heavy (non-hydrogen) atoms. The van der Waals surface area contributed by atoms with E-state index in [9.17, 15) is 4.79 Å². The highest BCUT2D eigenvalue weighted by molar-refractivity contribution is 6.69. The van der Waals surface area contributed by atoms with Crippen molar-refractivity contribution in [1.82, 2.24) is 0 Å². The van der Waals surface area contributed by atoms with Gasteiger partial charge in [0.25, 0.3) is 0 Å². The van der Waals surface area contributed by atoms with Gasteiger partial charge in [0, 0.05) is 11.0 Å². The van der Waals surface area contributed by atoms with Gasteiger partial charge in [-0.25, -0.2) is 0 Å². The van der Waals surface area contributed by atoms with Crippen LogP contribution in [-0.4, -0.2) is 26.5 Å². The Morgan fingerprint density at radius 3 is 2.26 bits per heavy atom. The Balaban J connectivity index is 2.48. The van der Waals surface area contributed by atoms with Gasteiger partial charge in [-0.3, -0.25) is 4.79 Å². The van der Waals surface area contributed by atoms with E-state index in [0.717, 1.165) is 5.56 Å². The van der Waals surface area contributed by atoms with Crippen molar-refractivity contribution in [3.05, 3.63) is 42.5 Å². The third kappa shape index (κ3) is 4.36. The molecule has 5 heteroatoms. The van der Waals surface area contributed by atoms with Gasteiger partial charge >= 0.3 is 5.97 Å². The first-order valence-electron chi connectivity index (χ1n) is 9.50. The number of hydrogen-bond acceptors (Lipinski definition) is 4. The minimum Gasteiger partial charge on any atom is -0.426 e. The SMILES string of the molecule is C=CC(C)(C)[C@@]1(O[Si](C)(C)C)CO[C@@H]1c1ccccc1OC(=O)C(C)(C)C. The van der Waals surface area contributed by atoms with Crippen molar-refractivity contribution in [2.24, 2.45) is 10.8 Å². The van der Waals surface area contributed by atoms with Gasteiger partial charge in [-0.2, -0.15) is 0 Å². The molecule has 2 rings (SSSR count). The summed E-state index contributed by atoms with van der Waals surface area (Å²) >= 11 is 0. The first-order valence-corrected chi connectivity index (χ1v) is 12.9. The second-order valence-corrected chi connectivity index (χ2v) is 14.3. The van der Waals surface area contributed by atoms with Crippen LogP contribution in [0.2, 0.25) is 19.6 Å². The molecule has 0 aliphatic carbocycles. The molecule has 1 aromatic rings. The summed E-state index contributed by atoms with van der Waals surface area (Å²) in [6.07, 6.45) is 1.62. The average Bonchev–Trinajstić information content (AvgIpc) is 2.51. The molecule has 1 heterocycles. The van der Waals surface area contributed by atoms with Gasteiger partial charge in [0.2, 0.25) is 0 Å². The molecule has 150 valence electrons. The largest absolute Gasteiger partial charge is 0.426 e. The molecule has 0 saturated carbocycles. The van der Waals surface area contributed by atoms with Crippen LogP contribution >= 0.6 is 0 Å². The number of esters is 1. The molecule has 2 atom stereocenters. The lowest BCUT2D eigenvalue weighted by molar-refractivity contribution is -0.268. The smallest absolute Gasteiger partial charge is 0.316 e. The van der Waals surface area contributed by atoms with E-state index in [-0.39, 0.29) is 17.5 Å². The van der Waals surface area contributed by atoms with Crippen LogP contribution in [0.15, 0.2) is 36.9 Å². The zero-order chi connectivity index (χ0) is 20.7. The molecule has 1 aromatic carbocycles. The maximum absolute atomic E-state index is 12.5. The van der Waals surface area contributed by atoms with E-state index in [4.69, 9.17) is 13.9 Å². The second-order valence-electron chi connectivity index (χ2n) is 9.90. The predicted octanol–water partition coefficient (Wildman–Crippen LogP) is 5.51. The van der Waals surface area contributed by atoms with E-state index in [2.05, 4.69) is 40.1 Å². The normalized spacial score (nSPS) is 23.5. The van der Waals surface area contributed by atoms with Crippen LogP contribution in [0.25, 0.3) is 0 Å². The summed E-state index contributed by atoms with van der Waals surface area (Å²) in [5.74, 6) is 0.263. The van der Waals surface area contributed by atoms with Crippen LogP contribution in [-0.2, 0) is 14.0 Å². The van der Waals surface area contributed by atoms with Crippen molar-refractivity contribution in [1.29, 1.82) is 0 Å². The van der Waals surface area contributed by atoms with Crippen molar-refractivity contribution < 1.29 is 18.7 Å². The van der Waals surface area contributed by atoms with Gasteiger partial charge in [0.1, 0.15) is 17.5 Å². The van der Waals surface area contributed by atoms with E-state index >= 15 is 0 Å². The molecule has 0 radical (unpaired) electrons. The van der Waals surface area contributed by atoms with E-state index in [1.54, 1.807) is 0 Å². The number of benzene rings is 1. The van der Waals surface area contributed by atoms with Gasteiger partial charge in [0.05, 0.1) is 12.0 Å². The summed E-state index contributed by atoms with van der Waals surface area (Å²) in [6.45, 7) is 20.8. The molecule has 1 aliphatic heterocycles. The first-order chi connectivity index (χ1) is 12.2. The Hall–Kier alpha value is -1.43. The summed E-state index contributed by atoms with van der Waals surface area (Å²) in [5, 5.41) is 0. The van der Waals surface area contributed by atoms with Gasteiger partial charge in [-0.1, -0.05) is 38.1 Å². The molecule has 1 fully saturated rings. The lowest BCUT2D eigenvalue weighted by Crippen LogP contribution is -2.65. The summed E-state index contributed by atoms with van der Waals surface area (Å²) in [7, 11) is -1.88. The van der Waals surface area contributed by atoms with Crippen molar-refractivity contribution in [3.63, 3.8) is 0 Å². The fraction of sp³-hybridized carbons (Fsp3) is 0.591. The lowest BCUT2D eigenvalue weighted by Gasteiger charge is -2.58. The maximum atomic E-state index is 12.5. The average molecular weight is 391 g/mol. The fourth-order valence-corrected chi connectivity index (χ4v) is 4.68. The van der Waals surface area contributed by atoms with Crippen molar-refractivity contribution in [3.8, 4) is 5.75 Å². The molecule has 1 saturated heterocycles. The molecule has 0 bridgehead atoms. The third-order valence-corrected chi connectivity index (χ3v) is 5.97. The molecule has 0 amide bonds. The highest BCUT2D eigenvalue weighted by Gasteiger charge is 2.60. The van der Waals surface area contributed by atoms with E-state index in [1.807, 2.05) is 51.1 Å². The molecule has 0 aromatic heterocycles. The third-order valence-electron chi connectivity index (χ3n) is 4.99. The molecular weight excluding hydrogens is 356 g/mol. The minimum atomic E-state index is -1.88. The summed E-state index contributed by atoms with van der Waals surface area (Å²) in [4.78, 5) is 12.5. The van der Waals surface area contributed by atoms with Crippen molar-refractivity contribution in [2.45, 2.75) is 66.0 Å². The van der Waals surface area contributed by atoms with E-state index < -0.39 is 19.3 Å². The van der Waals surface area contributed by atoms with Crippen LogP contribution in [0.5, 0.6) is 5.75 Å². The summed E-state index contributed by atoms with van der Waals surface area (Å²) in [6, 6.07) is 7.58. The van der Waals surface area contributed by atoms with Crippen LogP contribution < -0.4 is 4.74 Å².